The first kappa shape index (κ1) is 9.90. The molecule has 0 aromatic heterocycles. The average molecular weight is 178 g/mol. The Morgan fingerprint density at radius 1 is 1.31 bits per heavy atom. The first-order valence-electron chi connectivity index (χ1n) is 4.61. The fourth-order valence-electron chi connectivity index (χ4n) is 1.28. The molecule has 0 aliphatic rings. The van der Waals surface area contributed by atoms with E-state index in [2.05, 4.69) is 38.8 Å². The molecule has 2 heteroatoms. The molecule has 0 fully saturated rings. The summed E-state index contributed by atoms with van der Waals surface area (Å²) in [7, 11) is 2.09. The number of nitrogen functional groups attached to an aromatic ring is 1. The SMILES string of the molecule is Cc1ccc(N)cc1N(C)C(C)C. The highest BCUT2D eigenvalue weighted by atomic mass is 15.1. The maximum absolute atomic E-state index is 5.74. The molecule has 0 bridgehead atoms. The van der Waals surface area contributed by atoms with Gasteiger partial charge in [-0.05, 0) is 38.5 Å². The molecule has 0 heterocycles. The van der Waals surface area contributed by atoms with E-state index < -0.39 is 0 Å². The van der Waals surface area contributed by atoms with Crippen LogP contribution in [0.15, 0.2) is 18.2 Å². The molecule has 0 aliphatic carbocycles. The molecule has 0 radical (unpaired) electrons. The smallest absolute Gasteiger partial charge is 0.0416 e. The zero-order valence-electron chi connectivity index (χ0n) is 8.83. The standard InChI is InChI=1S/C11H18N2/c1-8(2)13(4)11-7-10(12)6-5-9(11)3/h5-8H,12H2,1-4H3. The van der Waals surface area contributed by atoms with Crippen molar-refractivity contribution >= 4 is 11.4 Å². The second-order valence-electron chi connectivity index (χ2n) is 3.75. The van der Waals surface area contributed by atoms with E-state index in [9.17, 15) is 0 Å². The van der Waals surface area contributed by atoms with Gasteiger partial charge in [-0.15, -0.1) is 0 Å². The molecular formula is C11H18N2. The van der Waals surface area contributed by atoms with Gasteiger partial charge in [-0.2, -0.15) is 0 Å². The third-order valence-corrected chi connectivity index (χ3v) is 2.39. The van der Waals surface area contributed by atoms with E-state index in [4.69, 9.17) is 5.73 Å². The Labute approximate surface area is 80.4 Å². The predicted octanol–water partition coefficient (Wildman–Crippen LogP) is 2.42. The van der Waals surface area contributed by atoms with Crippen molar-refractivity contribution in [2.45, 2.75) is 26.8 Å². The summed E-state index contributed by atoms with van der Waals surface area (Å²) in [4.78, 5) is 2.23. The Kier molecular flexibility index (Phi) is 2.81. The van der Waals surface area contributed by atoms with Gasteiger partial charge in [0.25, 0.3) is 0 Å². The summed E-state index contributed by atoms with van der Waals surface area (Å²) in [6.45, 7) is 6.44. The van der Waals surface area contributed by atoms with Crippen molar-refractivity contribution in [3.63, 3.8) is 0 Å². The first-order valence-corrected chi connectivity index (χ1v) is 4.61. The van der Waals surface area contributed by atoms with E-state index in [1.165, 1.54) is 11.3 Å². The summed E-state index contributed by atoms with van der Waals surface area (Å²) in [6, 6.07) is 6.52. The lowest BCUT2D eigenvalue weighted by Crippen LogP contribution is -2.26. The average Bonchev–Trinajstić information content (AvgIpc) is 2.08. The molecule has 1 aromatic rings. The lowest BCUT2D eigenvalue weighted by Gasteiger charge is -2.25. The lowest BCUT2D eigenvalue weighted by atomic mass is 10.1. The van der Waals surface area contributed by atoms with E-state index in [1.807, 2.05) is 12.1 Å². The van der Waals surface area contributed by atoms with Crippen LogP contribution in [0.1, 0.15) is 19.4 Å². The Balaban J connectivity index is 3.05. The largest absolute Gasteiger partial charge is 0.399 e. The summed E-state index contributed by atoms with van der Waals surface area (Å²) >= 11 is 0. The van der Waals surface area contributed by atoms with Crippen molar-refractivity contribution in [1.82, 2.24) is 0 Å². The van der Waals surface area contributed by atoms with Crippen molar-refractivity contribution in [2.75, 3.05) is 17.7 Å². The van der Waals surface area contributed by atoms with E-state index in [1.54, 1.807) is 0 Å². The first-order chi connectivity index (χ1) is 6.02. The van der Waals surface area contributed by atoms with Gasteiger partial charge in [0.1, 0.15) is 0 Å². The predicted molar refractivity (Wildman–Crippen MR) is 59.1 cm³/mol. The summed E-state index contributed by atoms with van der Waals surface area (Å²) < 4.78 is 0. The van der Waals surface area contributed by atoms with Crippen LogP contribution in [-0.4, -0.2) is 13.1 Å². The second-order valence-corrected chi connectivity index (χ2v) is 3.75. The monoisotopic (exact) mass is 178 g/mol. The van der Waals surface area contributed by atoms with Crippen LogP contribution < -0.4 is 10.6 Å². The van der Waals surface area contributed by atoms with Gasteiger partial charge in [0.15, 0.2) is 0 Å². The van der Waals surface area contributed by atoms with Crippen LogP contribution in [0.5, 0.6) is 0 Å². The number of hydrogen-bond acceptors (Lipinski definition) is 2. The van der Waals surface area contributed by atoms with Crippen molar-refractivity contribution in [1.29, 1.82) is 0 Å². The van der Waals surface area contributed by atoms with Crippen LogP contribution in [0.4, 0.5) is 11.4 Å². The van der Waals surface area contributed by atoms with Crippen LogP contribution in [0.3, 0.4) is 0 Å². The van der Waals surface area contributed by atoms with Gasteiger partial charge >= 0.3 is 0 Å². The topological polar surface area (TPSA) is 29.3 Å². The van der Waals surface area contributed by atoms with Gasteiger partial charge in [-0.1, -0.05) is 6.07 Å². The van der Waals surface area contributed by atoms with Gasteiger partial charge in [-0.25, -0.2) is 0 Å². The van der Waals surface area contributed by atoms with E-state index >= 15 is 0 Å². The van der Waals surface area contributed by atoms with Gasteiger partial charge in [0.05, 0.1) is 0 Å². The van der Waals surface area contributed by atoms with E-state index in [0.29, 0.717) is 6.04 Å². The van der Waals surface area contributed by atoms with Gasteiger partial charge in [0.2, 0.25) is 0 Å². The number of anilines is 2. The molecule has 0 aliphatic heterocycles. The molecule has 0 amide bonds. The molecule has 0 atom stereocenters. The number of nitrogens with zero attached hydrogens (tertiary/aromatic N) is 1. The highest BCUT2D eigenvalue weighted by molar-refractivity contribution is 5.60. The molecule has 1 rings (SSSR count). The minimum atomic E-state index is 0.500. The fraction of sp³-hybridized carbons (Fsp3) is 0.455. The minimum Gasteiger partial charge on any atom is -0.399 e. The van der Waals surface area contributed by atoms with Crippen LogP contribution in [0.2, 0.25) is 0 Å². The van der Waals surface area contributed by atoms with Gasteiger partial charge in [0, 0.05) is 24.5 Å². The zero-order chi connectivity index (χ0) is 10.0. The number of aryl methyl sites for hydroxylation is 1. The number of rotatable bonds is 2. The van der Waals surface area contributed by atoms with Crippen LogP contribution in [0, 0.1) is 6.92 Å². The molecule has 1 aromatic carbocycles. The molecule has 13 heavy (non-hydrogen) atoms. The summed E-state index contributed by atoms with van der Waals surface area (Å²) in [6.07, 6.45) is 0. The third kappa shape index (κ3) is 2.14. The van der Waals surface area contributed by atoms with Gasteiger partial charge < -0.3 is 10.6 Å². The Hall–Kier alpha value is -1.18. The molecule has 0 unspecified atom stereocenters. The van der Waals surface area contributed by atoms with Crippen LogP contribution in [-0.2, 0) is 0 Å². The Morgan fingerprint density at radius 2 is 1.92 bits per heavy atom. The van der Waals surface area contributed by atoms with Crippen molar-refractivity contribution in [3.05, 3.63) is 23.8 Å². The number of benzene rings is 1. The van der Waals surface area contributed by atoms with Crippen molar-refractivity contribution < 1.29 is 0 Å². The zero-order valence-corrected chi connectivity index (χ0v) is 8.83. The van der Waals surface area contributed by atoms with Crippen LogP contribution in [0.25, 0.3) is 0 Å². The lowest BCUT2D eigenvalue weighted by molar-refractivity contribution is 0.752. The maximum atomic E-state index is 5.74. The molecular weight excluding hydrogens is 160 g/mol. The van der Waals surface area contributed by atoms with Crippen LogP contribution >= 0.6 is 0 Å². The molecule has 0 saturated carbocycles. The van der Waals surface area contributed by atoms with Crippen molar-refractivity contribution in [3.8, 4) is 0 Å². The third-order valence-electron chi connectivity index (χ3n) is 2.39. The normalized spacial score (nSPS) is 10.5. The highest BCUT2D eigenvalue weighted by Crippen LogP contribution is 2.22. The number of nitrogens with two attached hydrogens (primary N) is 1. The molecule has 72 valence electrons. The Bertz CT molecular complexity index is 292. The maximum Gasteiger partial charge on any atom is 0.0416 e. The summed E-state index contributed by atoms with van der Waals surface area (Å²) in [5.41, 5.74) is 9.05. The molecule has 2 N–H and O–H groups in total. The second kappa shape index (κ2) is 3.69. The van der Waals surface area contributed by atoms with E-state index in [-0.39, 0.29) is 0 Å². The fourth-order valence-corrected chi connectivity index (χ4v) is 1.28. The van der Waals surface area contributed by atoms with Gasteiger partial charge in [-0.3, -0.25) is 0 Å². The van der Waals surface area contributed by atoms with E-state index in [0.717, 1.165) is 5.69 Å². The number of hydrogen-bond donors (Lipinski definition) is 1. The van der Waals surface area contributed by atoms with Crippen molar-refractivity contribution in [2.24, 2.45) is 0 Å². The quantitative estimate of drug-likeness (QED) is 0.705. The Morgan fingerprint density at radius 3 is 2.46 bits per heavy atom. The molecule has 0 spiro atoms. The summed E-state index contributed by atoms with van der Waals surface area (Å²) in [5, 5.41) is 0. The minimum absolute atomic E-state index is 0.500. The highest BCUT2D eigenvalue weighted by Gasteiger charge is 2.07. The molecule has 2 nitrogen and oxygen atoms in total. The molecule has 0 saturated heterocycles. The summed E-state index contributed by atoms with van der Waals surface area (Å²) in [5.74, 6) is 0.